The number of amides is 1. The molecule has 0 aromatic heterocycles. The topological polar surface area (TPSA) is 65.4 Å². The van der Waals surface area contributed by atoms with E-state index in [0.717, 1.165) is 24.3 Å². The standard InChI is InChI=1S/C21H19F2N3O2S/c22-21(23)29-19-7-3-17(4-8-19)25-20(27)16(14-24)13-15-1-5-18(6-2-15)26-9-11-28-12-10-26/h1-8,13,21H,9-12H2,(H,25,27)/b16-13+. The molecule has 1 saturated heterocycles. The van der Waals surface area contributed by atoms with Gasteiger partial charge in [0.15, 0.2) is 0 Å². The van der Waals surface area contributed by atoms with E-state index in [1.54, 1.807) is 0 Å². The van der Waals surface area contributed by atoms with Gasteiger partial charge in [-0.3, -0.25) is 4.79 Å². The third kappa shape index (κ3) is 6.04. The van der Waals surface area contributed by atoms with Crippen molar-refractivity contribution < 1.29 is 18.3 Å². The number of anilines is 2. The molecule has 0 radical (unpaired) electrons. The van der Waals surface area contributed by atoms with Crippen LogP contribution in [0.5, 0.6) is 0 Å². The molecule has 0 bridgehead atoms. The Morgan fingerprint density at radius 3 is 2.38 bits per heavy atom. The zero-order valence-electron chi connectivity index (χ0n) is 15.5. The molecule has 1 aliphatic rings. The first-order valence-corrected chi connectivity index (χ1v) is 9.84. The van der Waals surface area contributed by atoms with Gasteiger partial charge in [0, 0.05) is 29.4 Å². The van der Waals surface area contributed by atoms with Gasteiger partial charge >= 0.3 is 0 Å². The molecule has 1 aliphatic heterocycles. The number of hydrogen-bond acceptors (Lipinski definition) is 5. The van der Waals surface area contributed by atoms with Gasteiger partial charge in [-0.1, -0.05) is 23.9 Å². The highest BCUT2D eigenvalue weighted by Gasteiger charge is 2.12. The number of carbonyl (C=O) groups is 1. The maximum absolute atomic E-state index is 12.4. The zero-order chi connectivity index (χ0) is 20.6. The number of thioether (sulfide) groups is 1. The van der Waals surface area contributed by atoms with E-state index in [1.807, 2.05) is 30.3 Å². The number of alkyl halides is 2. The van der Waals surface area contributed by atoms with E-state index in [4.69, 9.17) is 4.74 Å². The fourth-order valence-electron chi connectivity index (χ4n) is 2.84. The summed E-state index contributed by atoms with van der Waals surface area (Å²) in [5.41, 5.74) is 2.18. The smallest absolute Gasteiger partial charge is 0.288 e. The molecule has 0 aliphatic carbocycles. The van der Waals surface area contributed by atoms with E-state index < -0.39 is 11.7 Å². The van der Waals surface area contributed by atoms with E-state index >= 15 is 0 Å². The highest BCUT2D eigenvalue weighted by Crippen LogP contribution is 2.26. The number of ether oxygens (including phenoxy) is 1. The van der Waals surface area contributed by atoms with E-state index in [2.05, 4.69) is 10.2 Å². The molecule has 0 spiro atoms. The van der Waals surface area contributed by atoms with Crippen molar-refractivity contribution in [1.29, 1.82) is 5.26 Å². The van der Waals surface area contributed by atoms with Gasteiger partial charge in [0.05, 0.1) is 13.2 Å². The minimum atomic E-state index is -2.50. The molecule has 3 rings (SSSR count). The van der Waals surface area contributed by atoms with Crippen molar-refractivity contribution in [2.75, 3.05) is 36.5 Å². The second-order valence-electron chi connectivity index (χ2n) is 6.22. The van der Waals surface area contributed by atoms with Crippen LogP contribution in [0.1, 0.15) is 5.56 Å². The molecule has 0 unspecified atom stereocenters. The Hall–Kier alpha value is -2.89. The largest absolute Gasteiger partial charge is 0.378 e. The summed E-state index contributed by atoms with van der Waals surface area (Å²) in [6.45, 7) is 3.05. The van der Waals surface area contributed by atoms with Gasteiger partial charge in [0.2, 0.25) is 0 Å². The molecule has 0 atom stereocenters. The summed E-state index contributed by atoms with van der Waals surface area (Å²) in [4.78, 5) is 15.0. The van der Waals surface area contributed by atoms with Crippen molar-refractivity contribution in [3.05, 3.63) is 59.7 Å². The number of nitrogens with one attached hydrogen (secondary N) is 1. The van der Waals surface area contributed by atoms with Crippen LogP contribution in [0.3, 0.4) is 0 Å². The van der Waals surface area contributed by atoms with Crippen LogP contribution in [-0.2, 0) is 9.53 Å². The highest BCUT2D eigenvalue weighted by atomic mass is 32.2. The number of nitriles is 1. The third-order valence-corrected chi connectivity index (χ3v) is 5.01. The normalized spacial score (nSPS) is 14.6. The molecule has 1 fully saturated rings. The predicted molar refractivity (Wildman–Crippen MR) is 110 cm³/mol. The van der Waals surface area contributed by atoms with Crippen molar-refractivity contribution in [2.24, 2.45) is 0 Å². The van der Waals surface area contributed by atoms with E-state index in [0.29, 0.717) is 35.6 Å². The highest BCUT2D eigenvalue weighted by molar-refractivity contribution is 7.99. The van der Waals surface area contributed by atoms with Crippen LogP contribution in [0.25, 0.3) is 6.08 Å². The maximum atomic E-state index is 12.4. The number of carbonyl (C=O) groups excluding carboxylic acids is 1. The summed E-state index contributed by atoms with van der Waals surface area (Å²) in [7, 11) is 0. The molecule has 8 heteroatoms. The van der Waals surface area contributed by atoms with Crippen LogP contribution in [0.2, 0.25) is 0 Å². The Kier molecular flexibility index (Phi) is 7.22. The average Bonchev–Trinajstić information content (AvgIpc) is 2.74. The second kappa shape index (κ2) is 10.0. The van der Waals surface area contributed by atoms with Crippen molar-refractivity contribution in [1.82, 2.24) is 0 Å². The molecular formula is C21H19F2N3O2S. The van der Waals surface area contributed by atoms with Gasteiger partial charge in [-0.05, 0) is 48.0 Å². The van der Waals surface area contributed by atoms with Gasteiger partial charge in [-0.15, -0.1) is 0 Å². The molecule has 2 aromatic carbocycles. The molecule has 150 valence electrons. The lowest BCUT2D eigenvalue weighted by atomic mass is 10.1. The number of hydrogen-bond donors (Lipinski definition) is 1. The van der Waals surface area contributed by atoms with E-state index in [9.17, 15) is 18.8 Å². The summed E-state index contributed by atoms with van der Waals surface area (Å²) in [5.74, 6) is -3.06. The summed E-state index contributed by atoms with van der Waals surface area (Å²) in [6, 6.07) is 15.5. The molecule has 5 nitrogen and oxygen atoms in total. The van der Waals surface area contributed by atoms with Gasteiger partial charge < -0.3 is 15.0 Å². The van der Waals surface area contributed by atoms with Gasteiger partial charge in [-0.25, -0.2) is 0 Å². The fourth-order valence-corrected chi connectivity index (χ4v) is 3.34. The number of benzene rings is 2. The molecule has 1 amide bonds. The number of rotatable bonds is 6. The first-order valence-electron chi connectivity index (χ1n) is 8.96. The molecule has 29 heavy (non-hydrogen) atoms. The van der Waals surface area contributed by atoms with Crippen molar-refractivity contribution >= 4 is 35.1 Å². The predicted octanol–water partition coefficient (Wildman–Crippen LogP) is 4.38. The minimum absolute atomic E-state index is 0.0462. The van der Waals surface area contributed by atoms with Gasteiger partial charge in [-0.2, -0.15) is 14.0 Å². The fraction of sp³-hybridized carbons (Fsp3) is 0.238. The first-order chi connectivity index (χ1) is 14.0. The Bertz CT molecular complexity index is 903. The van der Waals surface area contributed by atoms with Crippen molar-refractivity contribution in [3.8, 4) is 6.07 Å². The van der Waals surface area contributed by atoms with Crippen LogP contribution in [0, 0.1) is 11.3 Å². The molecule has 0 saturated carbocycles. The Morgan fingerprint density at radius 1 is 1.14 bits per heavy atom. The van der Waals surface area contributed by atoms with Gasteiger partial charge in [0.1, 0.15) is 11.6 Å². The van der Waals surface area contributed by atoms with Crippen molar-refractivity contribution in [3.63, 3.8) is 0 Å². The van der Waals surface area contributed by atoms with Crippen LogP contribution in [0.15, 0.2) is 59.0 Å². The van der Waals surface area contributed by atoms with Crippen LogP contribution >= 0.6 is 11.8 Å². The van der Waals surface area contributed by atoms with Crippen LogP contribution in [-0.4, -0.2) is 38.0 Å². The number of nitrogens with zero attached hydrogens (tertiary/aromatic N) is 2. The number of halogens is 2. The average molecular weight is 415 g/mol. The lowest BCUT2D eigenvalue weighted by molar-refractivity contribution is -0.112. The first kappa shape index (κ1) is 20.8. The van der Waals surface area contributed by atoms with Gasteiger partial charge in [0.25, 0.3) is 11.7 Å². The van der Waals surface area contributed by atoms with Crippen LogP contribution < -0.4 is 10.2 Å². The summed E-state index contributed by atoms with van der Waals surface area (Å²) >= 11 is 0.430. The molecular weight excluding hydrogens is 396 g/mol. The lowest BCUT2D eigenvalue weighted by Crippen LogP contribution is -2.36. The monoisotopic (exact) mass is 415 g/mol. The summed E-state index contributed by atoms with van der Waals surface area (Å²) in [6.07, 6.45) is 1.51. The number of morpholine rings is 1. The third-order valence-electron chi connectivity index (χ3n) is 4.28. The quantitative estimate of drug-likeness (QED) is 0.431. The van der Waals surface area contributed by atoms with E-state index in [1.165, 1.54) is 30.3 Å². The Labute approximate surface area is 172 Å². The molecule has 1 heterocycles. The second-order valence-corrected chi connectivity index (χ2v) is 7.28. The minimum Gasteiger partial charge on any atom is -0.378 e. The molecule has 1 N–H and O–H groups in total. The maximum Gasteiger partial charge on any atom is 0.288 e. The van der Waals surface area contributed by atoms with Crippen LogP contribution in [0.4, 0.5) is 20.2 Å². The van der Waals surface area contributed by atoms with Crippen molar-refractivity contribution in [2.45, 2.75) is 10.7 Å². The SMILES string of the molecule is N#C/C(=C\c1ccc(N2CCOCC2)cc1)C(=O)Nc1ccc(SC(F)F)cc1. The summed E-state index contributed by atoms with van der Waals surface area (Å²) < 4.78 is 30.1. The lowest BCUT2D eigenvalue weighted by Gasteiger charge is -2.28. The zero-order valence-corrected chi connectivity index (χ0v) is 16.3. The molecule has 2 aromatic rings. The Morgan fingerprint density at radius 2 is 1.79 bits per heavy atom. The van der Waals surface area contributed by atoms with E-state index in [-0.39, 0.29) is 5.57 Å². The Balaban J connectivity index is 1.65. The summed E-state index contributed by atoms with van der Waals surface area (Å²) in [5, 5.41) is 12.0.